The fourth-order valence-electron chi connectivity index (χ4n) is 11.3. The predicted molar refractivity (Wildman–Crippen MR) is 343 cm³/mol. The molecule has 0 aliphatic carbocycles. The average Bonchev–Trinajstić information content (AvgIpc) is 3.44. The van der Waals surface area contributed by atoms with Gasteiger partial charge in [0.05, 0.1) is 25.4 Å². The van der Waals surface area contributed by atoms with Crippen LogP contribution in [0.2, 0.25) is 0 Å². The van der Waals surface area contributed by atoms with Gasteiger partial charge in [0.2, 0.25) is 5.91 Å². The molecule has 6 nitrogen and oxygen atoms in total. The minimum absolute atomic E-state index is 0.00667. The molecule has 1 amide bonds. The first kappa shape index (κ1) is 76.3. The van der Waals surface area contributed by atoms with Gasteiger partial charge in [-0.15, -0.1) is 0 Å². The van der Waals surface area contributed by atoms with Gasteiger partial charge in [-0.1, -0.05) is 353 Å². The first-order valence-corrected chi connectivity index (χ1v) is 35.6. The zero-order valence-corrected chi connectivity index (χ0v) is 52.9. The summed E-state index contributed by atoms with van der Waals surface area (Å²) in [5, 5.41) is 23.4. The first-order valence-electron chi connectivity index (χ1n) is 35.6. The molecule has 0 bridgehead atoms. The highest BCUT2D eigenvalue weighted by Gasteiger charge is 2.20. The van der Waals surface area contributed by atoms with Crippen LogP contribution in [-0.2, 0) is 14.3 Å². The third kappa shape index (κ3) is 63.5. The Morgan fingerprint density at radius 3 is 0.987 bits per heavy atom. The summed E-state index contributed by atoms with van der Waals surface area (Å²) in [6, 6.07) is -0.538. The smallest absolute Gasteiger partial charge is 0.305 e. The van der Waals surface area contributed by atoms with E-state index in [9.17, 15) is 19.8 Å². The number of carbonyl (C=O) groups is 2. The minimum atomic E-state index is -0.662. The fraction of sp³-hybridized carbons (Fsp3) is 0.917. The number of allylic oxidation sites excluding steroid dienone is 4. The van der Waals surface area contributed by atoms with Gasteiger partial charge in [-0.25, -0.2) is 0 Å². The minimum Gasteiger partial charge on any atom is -0.466 e. The Morgan fingerprint density at radius 2 is 0.641 bits per heavy atom. The Balaban J connectivity index is 3.33. The molecule has 78 heavy (non-hydrogen) atoms. The van der Waals surface area contributed by atoms with E-state index in [1.165, 1.54) is 315 Å². The van der Waals surface area contributed by atoms with E-state index in [2.05, 4.69) is 43.5 Å². The summed E-state index contributed by atoms with van der Waals surface area (Å²) in [5.74, 6) is -0.0215. The number of carbonyl (C=O) groups excluding carboxylic acids is 2. The Labute approximate surface area is 488 Å². The van der Waals surface area contributed by atoms with E-state index in [1.54, 1.807) is 0 Å². The van der Waals surface area contributed by atoms with E-state index in [-0.39, 0.29) is 18.5 Å². The number of hydrogen-bond donors (Lipinski definition) is 3. The van der Waals surface area contributed by atoms with Crippen molar-refractivity contribution in [3.8, 4) is 0 Å². The molecular formula is C72H139NO5. The number of hydrogen-bond acceptors (Lipinski definition) is 5. The van der Waals surface area contributed by atoms with Crippen molar-refractivity contribution in [1.29, 1.82) is 0 Å². The number of rotatable bonds is 67. The molecule has 2 atom stereocenters. The van der Waals surface area contributed by atoms with Crippen LogP contribution in [-0.4, -0.2) is 47.4 Å². The third-order valence-electron chi connectivity index (χ3n) is 16.8. The third-order valence-corrected chi connectivity index (χ3v) is 16.8. The number of esters is 1. The van der Waals surface area contributed by atoms with Crippen LogP contribution in [0.25, 0.3) is 0 Å². The molecule has 462 valence electrons. The molecule has 0 rings (SSSR count). The molecule has 6 heteroatoms. The maximum absolute atomic E-state index is 12.5. The molecule has 0 aromatic rings. The standard InChI is InChI=1S/C72H139NO5/c1-3-5-7-9-11-13-15-17-19-36-40-44-48-52-56-60-64-70(75)69(68-74)73-71(76)65-61-57-53-49-45-41-37-34-32-30-28-26-24-22-21-23-25-27-29-31-33-35-39-43-47-51-55-59-63-67-78-72(77)66-62-58-54-50-46-42-38-20-18-16-14-12-10-8-6-4-2/h14,16,20,38,69-70,74-75H,3-13,15,17-19,21-37,39-68H2,1-2H3,(H,73,76)/b16-14-,38-20-. The van der Waals surface area contributed by atoms with Gasteiger partial charge in [-0.2, -0.15) is 0 Å². The molecule has 0 spiro atoms. The number of unbranched alkanes of at least 4 members (excludes halogenated alkanes) is 52. The molecular weight excluding hydrogens is 959 g/mol. The molecule has 0 aromatic carbocycles. The second kappa shape index (κ2) is 67.8. The molecule has 0 fully saturated rings. The van der Waals surface area contributed by atoms with Gasteiger partial charge < -0.3 is 20.3 Å². The van der Waals surface area contributed by atoms with Crippen LogP contribution >= 0.6 is 0 Å². The molecule has 0 aliphatic heterocycles. The van der Waals surface area contributed by atoms with Crippen molar-refractivity contribution in [1.82, 2.24) is 5.32 Å². The van der Waals surface area contributed by atoms with Gasteiger partial charge in [-0.3, -0.25) is 9.59 Å². The number of aliphatic hydroxyl groups excluding tert-OH is 2. The predicted octanol–water partition coefficient (Wildman–Crippen LogP) is 22.9. The molecule has 0 aromatic heterocycles. The molecule has 0 saturated heterocycles. The van der Waals surface area contributed by atoms with Gasteiger partial charge in [0.1, 0.15) is 0 Å². The van der Waals surface area contributed by atoms with Crippen molar-refractivity contribution in [3.05, 3.63) is 24.3 Å². The number of ether oxygens (including phenoxy) is 1. The van der Waals surface area contributed by atoms with Crippen LogP contribution in [0.3, 0.4) is 0 Å². The maximum Gasteiger partial charge on any atom is 0.305 e. The molecule has 0 saturated carbocycles. The van der Waals surface area contributed by atoms with Gasteiger partial charge in [-0.05, 0) is 57.8 Å². The summed E-state index contributed by atoms with van der Waals surface area (Å²) in [4.78, 5) is 24.6. The highest BCUT2D eigenvalue weighted by Crippen LogP contribution is 2.19. The lowest BCUT2D eigenvalue weighted by Crippen LogP contribution is -2.45. The zero-order chi connectivity index (χ0) is 56.4. The van der Waals surface area contributed by atoms with E-state index >= 15 is 0 Å². The van der Waals surface area contributed by atoms with Crippen molar-refractivity contribution < 1.29 is 24.5 Å². The quantitative estimate of drug-likeness (QED) is 0.0320. The summed E-state index contributed by atoms with van der Waals surface area (Å²) >= 11 is 0. The molecule has 2 unspecified atom stereocenters. The van der Waals surface area contributed by atoms with E-state index in [0.29, 0.717) is 25.9 Å². The lowest BCUT2D eigenvalue weighted by molar-refractivity contribution is -0.143. The first-order chi connectivity index (χ1) is 38.5. The Morgan fingerprint density at radius 1 is 0.359 bits per heavy atom. The van der Waals surface area contributed by atoms with Crippen LogP contribution in [0.1, 0.15) is 399 Å². The van der Waals surface area contributed by atoms with E-state index in [4.69, 9.17) is 4.74 Å². The lowest BCUT2D eigenvalue weighted by Gasteiger charge is -2.22. The summed E-state index contributed by atoms with van der Waals surface area (Å²) < 4.78 is 5.49. The van der Waals surface area contributed by atoms with Crippen LogP contribution in [0.4, 0.5) is 0 Å². The van der Waals surface area contributed by atoms with Crippen molar-refractivity contribution in [2.24, 2.45) is 0 Å². The van der Waals surface area contributed by atoms with Crippen molar-refractivity contribution in [2.75, 3.05) is 13.2 Å². The van der Waals surface area contributed by atoms with Gasteiger partial charge in [0.25, 0.3) is 0 Å². The van der Waals surface area contributed by atoms with Crippen molar-refractivity contribution in [2.45, 2.75) is 411 Å². The van der Waals surface area contributed by atoms with Crippen molar-refractivity contribution in [3.63, 3.8) is 0 Å². The van der Waals surface area contributed by atoms with E-state index in [0.717, 1.165) is 51.4 Å². The molecule has 0 heterocycles. The topological polar surface area (TPSA) is 95.9 Å². The second-order valence-corrected chi connectivity index (χ2v) is 24.6. The highest BCUT2D eigenvalue weighted by atomic mass is 16.5. The molecule has 0 aliphatic rings. The molecule has 3 N–H and O–H groups in total. The summed E-state index contributed by atoms with van der Waals surface area (Å²) in [6.45, 7) is 4.97. The number of aliphatic hydroxyl groups is 2. The Kier molecular flexibility index (Phi) is 66.4. The van der Waals surface area contributed by atoms with Gasteiger partial charge in [0.15, 0.2) is 0 Å². The Bertz CT molecular complexity index is 1220. The van der Waals surface area contributed by atoms with Crippen LogP contribution in [0.5, 0.6) is 0 Å². The van der Waals surface area contributed by atoms with Crippen LogP contribution in [0, 0.1) is 0 Å². The largest absolute Gasteiger partial charge is 0.466 e. The van der Waals surface area contributed by atoms with Gasteiger partial charge in [0, 0.05) is 12.8 Å². The Hall–Kier alpha value is -1.66. The SMILES string of the molecule is CCCCCC/C=C\C/C=C\CCCCCCCC(=O)OCCCCCCCCCCCCCCCCCCCCCCCCCCCCCCCC(=O)NC(CO)C(O)CCCCCCCCCCCCCCCCCC. The zero-order valence-electron chi connectivity index (χ0n) is 52.9. The summed E-state index contributed by atoms with van der Waals surface area (Å²) in [6.07, 6.45) is 85.1. The van der Waals surface area contributed by atoms with Crippen molar-refractivity contribution >= 4 is 11.9 Å². The molecule has 0 radical (unpaired) electrons. The average molecular weight is 1100 g/mol. The lowest BCUT2D eigenvalue weighted by atomic mass is 10.0. The van der Waals surface area contributed by atoms with Gasteiger partial charge >= 0.3 is 5.97 Å². The monoisotopic (exact) mass is 1100 g/mol. The second-order valence-electron chi connectivity index (χ2n) is 24.6. The van der Waals surface area contributed by atoms with Crippen LogP contribution < -0.4 is 5.32 Å². The maximum atomic E-state index is 12.5. The summed E-state index contributed by atoms with van der Waals surface area (Å²) in [7, 11) is 0. The summed E-state index contributed by atoms with van der Waals surface area (Å²) in [5.41, 5.74) is 0. The number of amides is 1. The van der Waals surface area contributed by atoms with Crippen LogP contribution in [0.15, 0.2) is 24.3 Å². The highest BCUT2D eigenvalue weighted by molar-refractivity contribution is 5.76. The van der Waals surface area contributed by atoms with E-state index < -0.39 is 12.1 Å². The normalized spacial score (nSPS) is 12.6. The fourth-order valence-corrected chi connectivity index (χ4v) is 11.3. The van der Waals surface area contributed by atoms with E-state index in [1.807, 2.05) is 0 Å². The number of nitrogens with one attached hydrogen (secondary N) is 1.